The minimum Gasteiger partial charge on any atom is -0.497 e. The number of nitrogens with two attached hydrogens (primary N) is 1. The first-order valence-electron chi connectivity index (χ1n) is 8.65. The topological polar surface area (TPSA) is 86.3 Å². The van der Waals surface area contributed by atoms with Gasteiger partial charge in [-0.1, -0.05) is 18.2 Å². The van der Waals surface area contributed by atoms with Gasteiger partial charge in [-0.15, -0.1) is 0 Å². The predicted molar refractivity (Wildman–Crippen MR) is 104 cm³/mol. The highest BCUT2D eigenvalue weighted by atomic mass is 19.1. The highest BCUT2D eigenvalue weighted by molar-refractivity contribution is 5.93. The Morgan fingerprint density at radius 3 is 2.54 bits per heavy atom. The van der Waals surface area contributed by atoms with E-state index in [1.807, 2.05) is 12.1 Å². The lowest BCUT2D eigenvalue weighted by Crippen LogP contribution is -2.32. The van der Waals surface area contributed by atoms with Gasteiger partial charge in [0.05, 0.1) is 12.8 Å². The van der Waals surface area contributed by atoms with Crippen LogP contribution in [0.5, 0.6) is 5.75 Å². The molecule has 7 heteroatoms. The van der Waals surface area contributed by atoms with Gasteiger partial charge in [0, 0.05) is 19.3 Å². The molecule has 144 valence electrons. The molecule has 28 heavy (non-hydrogen) atoms. The van der Waals surface area contributed by atoms with Crippen molar-refractivity contribution in [3.05, 3.63) is 93.7 Å². The first-order chi connectivity index (χ1) is 13.5. The molecular formula is C21H20FN3O3. The first-order valence-corrected chi connectivity index (χ1v) is 8.65. The molecule has 0 aliphatic rings. The van der Waals surface area contributed by atoms with Gasteiger partial charge in [0.1, 0.15) is 17.1 Å². The second-order valence-corrected chi connectivity index (χ2v) is 6.12. The number of methoxy groups -OCH3 is 1. The first kappa shape index (κ1) is 19.3. The standard InChI is InChI=1S/C21H20FN3O3/c1-28-16-7-4-14(5-8-16)13-24-20(26)17-3-2-10-25(21(17)27)19-11-15(12-23)6-9-18(19)22/h2-11H,12-13,23H2,1H3,(H,24,26). The van der Waals surface area contributed by atoms with Crippen molar-refractivity contribution in [1.29, 1.82) is 0 Å². The van der Waals surface area contributed by atoms with E-state index < -0.39 is 17.3 Å². The van der Waals surface area contributed by atoms with Gasteiger partial charge in [0.15, 0.2) is 0 Å². The summed E-state index contributed by atoms with van der Waals surface area (Å²) in [7, 11) is 1.57. The maximum Gasteiger partial charge on any atom is 0.268 e. The van der Waals surface area contributed by atoms with Crippen molar-refractivity contribution in [2.75, 3.05) is 7.11 Å². The van der Waals surface area contributed by atoms with E-state index >= 15 is 0 Å². The molecule has 0 atom stereocenters. The molecule has 1 aromatic heterocycles. The average Bonchev–Trinajstić information content (AvgIpc) is 2.73. The van der Waals surface area contributed by atoms with Crippen molar-refractivity contribution >= 4 is 5.91 Å². The molecule has 3 aromatic rings. The third-order valence-corrected chi connectivity index (χ3v) is 4.31. The molecular weight excluding hydrogens is 361 g/mol. The molecule has 3 N–H and O–H groups in total. The summed E-state index contributed by atoms with van der Waals surface area (Å²) in [5, 5.41) is 2.70. The summed E-state index contributed by atoms with van der Waals surface area (Å²) < 4.78 is 20.4. The van der Waals surface area contributed by atoms with Gasteiger partial charge in [-0.25, -0.2) is 4.39 Å². The second kappa shape index (κ2) is 8.49. The fourth-order valence-electron chi connectivity index (χ4n) is 2.75. The number of pyridine rings is 1. The Kier molecular flexibility index (Phi) is 5.86. The molecule has 0 spiro atoms. The molecule has 2 aromatic carbocycles. The molecule has 1 amide bonds. The van der Waals surface area contributed by atoms with Crippen LogP contribution in [0, 0.1) is 5.82 Å². The van der Waals surface area contributed by atoms with E-state index in [2.05, 4.69) is 5.32 Å². The van der Waals surface area contributed by atoms with E-state index in [-0.39, 0.29) is 24.3 Å². The number of benzene rings is 2. The van der Waals surface area contributed by atoms with Crippen LogP contribution in [0.3, 0.4) is 0 Å². The van der Waals surface area contributed by atoms with E-state index in [9.17, 15) is 14.0 Å². The molecule has 0 bridgehead atoms. The maximum atomic E-state index is 14.2. The van der Waals surface area contributed by atoms with Gasteiger partial charge in [-0.3, -0.25) is 14.2 Å². The molecule has 0 aliphatic heterocycles. The summed E-state index contributed by atoms with van der Waals surface area (Å²) in [5.74, 6) is -0.400. The fraction of sp³-hybridized carbons (Fsp3) is 0.143. The molecule has 0 saturated heterocycles. The number of nitrogens with one attached hydrogen (secondary N) is 1. The Morgan fingerprint density at radius 2 is 1.86 bits per heavy atom. The van der Waals surface area contributed by atoms with Crippen LogP contribution in [0.25, 0.3) is 5.69 Å². The molecule has 0 saturated carbocycles. The van der Waals surface area contributed by atoms with Crippen LogP contribution in [0.2, 0.25) is 0 Å². The molecule has 0 unspecified atom stereocenters. The maximum absolute atomic E-state index is 14.2. The van der Waals surface area contributed by atoms with Gasteiger partial charge < -0.3 is 15.8 Å². The number of carbonyl (C=O) groups is 1. The summed E-state index contributed by atoms with van der Waals surface area (Å²) in [4.78, 5) is 25.2. The summed E-state index contributed by atoms with van der Waals surface area (Å²) in [5.41, 5.74) is 6.50. The third kappa shape index (κ3) is 4.10. The van der Waals surface area contributed by atoms with E-state index in [1.54, 1.807) is 25.3 Å². The van der Waals surface area contributed by atoms with Gasteiger partial charge in [-0.2, -0.15) is 0 Å². The zero-order valence-corrected chi connectivity index (χ0v) is 15.3. The van der Waals surface area contributed by atoms with E-state index in [1.165, 1.54) is 30.5 Å². The van der Waals surface area contributed by atoms with Crippen molar-refractivity contribution in [1.82, 2.24) is 9.88 Å². The highest BCUT2D eigenvalue weighted by Gasteiger charge is 2.15. The summed E-state index contributed by atoms with van der Waals surface area (Å²) >= 11 is 0. The third-order valence-electron chi connectivity index (χ3n) is 4.31. The summed E-state index contributed by atoms with van der Waals surface area (Å²) in [6.07, 6.45) is 1.42. The van der Waals surface area contributed by atoms with Crippen molar-refractivity contribution < 1.29 is 13.9 Å². The lowest BCUT2D eigenvalue weighted by Gasteiger charge is -2.11. The minimum atomic E-state index is -0.609. The van der Waals surface area contributed by atoms with E-state index in [4.69, 9.17) is 10.5 Å². The van der Waals surface area contributed by atoms with E-state index in [0.717, 1.165) is 10.1 Å². The number of hydrogen-bond donors (Lipinski definition) is 2. The molecule has 3 rings (SSSR count). The number of amides is 1. The lowest BCUT2D eigenvalue weighted by atomic mass is 10.1. The van der Waals surface area contributed by atoms with Crippen LogP contribution < -0.4 is 21.3 Å². The minimum absolute atomic E-state index is 0.0535. The number of aromatic nitrogens is 1. The van der Waals surface area contributed by atoms with Gasteiger partial charge in [0.25, 0.3) is 11.5 Å². The Labute approximate surface area is 161 Å². The van der Waals surface area contributed by atoms with Crippen molar-refractivity contribution in [3.63, 3.8) is 0 Å². The summed E-state index contributed by atoms with van der Waals surface area (Å²) in [6.45, 7) is 0.457. The van der Waals surface area contributed by atoms with Crippen molar-refractivity contribution in [3.8, 4) is 11.4 Å². The molecule has 1 heterocycles. The SMILES string of the molecule is COc1ccc(CNC(=O)c2cccn(-c3cc(CN)ccc3F)c2=O)cc1. The van der Waals surface area contributed by atoms with Crippen LogP contribution in [-0.4, -0.2) is 17.6 Å². The van der Waals surface area contributed by atoms with Crippen LogP contribution >= 0.6 is 0 Å². The number of rotatable bonds is 6. The molecule has 0 radical (unpaired) electrons. The Morgan fingerprint density at radius 1 is 1.14 bits per heavy atom. The summed E-state index contributed by atoms with van der Waals surface area (Å²) in [6, 6.07) is 14.4. The zero-order valence-electron chi connectivity index (χ0n) is 15.3. The van der Waals surface area contributed by atoms with Crippen molar-refractivity contribution in [2.45, 2.75) is 13.1 Å². The number of halogens is 1. The monoisotopic (exact) mass is 381 g/mol. The highest BCUT2D eigenvalue weighted by Crippen LogP contribution is 2.14. The van der Waals surface area contributed by atoms with Crippen LogP contribution in [-0.2, 0) is 13.1 Å². The fourth-order valence-corrected chi connectivity index (χ4v) is 2.75. The van der Waals surface area contributed by atoms with Gasteiger partial charge >= 0.3 is 0 Å². The van der Waals surface area contributed by atoms with Crippen molar-refractivity contribution in [2.24, 2.45) is 5.73 Å². The number of hydrogen-bond acceptors (Lipinski definition) is 4. The Balaban J connectivity index is 1.84. The van der Waals surface area contributed by atoms with Gasteiger partial charge in [-0.05, 0) is 47.5 Å². The predicted octanol–water partition coefficient (Wildman–Crippen LogP) is 2.37. The Bertz CT molecular complexity index is 1050. The quantitative estimate of drug-likeness (QED) is 0.686. The average molecular weight is 381 g/mol. The Hall–Kier alpha value is -3.45. The molecule has 0 fully saturated rings. The molecule has 0 aliphatic carbocycles. The van der Waals surface area contributed by atoms with E-state index in [0.29, 0.717) is 11.3 Å². The van der Waals surface area contributed by atoms with Crippen LogP contribution in [0.1, 0.15) is 21.5 Å². The normalized spacial score (nSPS) is 10.5. The number of ether oxygens (including phenoxy) is 1. The number of carbonyl (C=O) groups excluding carboxylic acids is 1. The zero-order chi connectivity index (χ0) is 20.1. The molecule has 6 nitrogen and oxygen atoms in total. The van der Waals surface area contributed by atoms with Gasteiger partial charge in [0.2, 0.25) is 0 Å². The van der Waals surface area contributed by atoms with Crippen LogP contribution in [0.15, 0.2) is 65.6 Å². The number of nitrogens with zero attached hydrogens (tertiary/aromatic N) is 1. The second-order valence-electron chi connectivity index (χ2n) is 6.12. The largest absolute Gasteiger partial charge is 0.497 e. The smallest absolute Gasteiger partial charge is 0.268 e. The lowest BCUT2D eigenvalue weighted by molar-refractivity contribution is 0.0949. The van der Waals surface area contributed by atoms with Crippen LogP contribution in [0.4, 0.5) is 4.39 Å².